The molecule has 0 saturated heterocycles. The molecule has 2 aromatic carbocycles. The molecule has 3 aromatic rings. The molecule has 0 fully saturated rings. The van der Waals surface area contributed by atoms with E-state index in [1.807, 2.05) is 0 Å². The van der Waals surface area contributed by atoms with Gasteiger partial charge in [-0.1, -0.05) is 53.0 Å². The Balaban J connectivity index is 1.66. The zero-order valence-electron chi connectivity index (χ0n) is 14.1. The van der Waals surface area contributed by atoms with Crippen LogP contribution in [-0.4, -0.2) is 16.9 Å². The van der Waals surface area contributed by atoms with Crippen LogP contribution in [0.5, 0.6) is 11.6 Å². The number of pyridine rings is 1. The van der Waals surface area contributed by atoms with Crippen molar-refractivity contribution in [3.63, 3.8) is 0 Å². The number of nitrogens with zero attached hydrogens (tertiary/aromatic N) is 1. The fourth-order valence-corrected chi connectivity index (χ4v) is 2.84. The van der Waals surface area contributed by atoms with Crippen molar-refractivity contribution >= 4 is 52.4 Å². The lowest BCUT2D eigenvalue weighted by molar-refractivity contribution is 0.0967. The summed E-state index contributed by atoms with van der Waals surface area (Å²) in [5, 5.41) is 5.62. The zero-order valence-corrected chi connectivity index (χ0v) is 16.3. The third kappa shape index (κ3) is 5.13. The van der Waals surface area contributed by atoms with Gasteiger partial charge in [0.05, 0.1) is 15.6 Å². The number of halogens is 3. The van der Waals surface area contributed by atoms with E-state index in [1.165, 1.54) is 18.3 Å². The van der Waals surface area contributed by atoms with Crippen molar-refractivity contribution in [2.24, 2.45) is 0 Å². The highest BCUT2D eigenvalue weighted by molar-refractivity contribution is 6.35. The molecular formula is C19H12Cl3N3O3. The maximum absolute atomic E-state index is 12.1. The Morgan fingerprint density at radius 2 is 1.71 bits per heavy atom. The van der Waals surface area contributed by atoms with E-state index in [-0.39, 0.29) is 21.5 Å². The predicted molar refractivity (Wildman–Crippen MR) is 109 cm³/mol. The van der Waals surface area contributed by atoms with Crippen LogP contribution in [-0.2, 0) is 0 Å². The number of carbonyl (C=O) groups is 2. The number of carbonyl (C=O) groups excluding carboxylic acids is 2. The van der Waals surface area contributed by atoms with Crippen LogP contribution in [0.15, 0.2) is 60.8 Å². The molecule has 0 bridgehead atoms. The first-order valence-electron chi connectivity index (χ1n) is 7.88. The van der Waals surface area contributed by atoms with Crippen molar-refractivity contribution in [3.8, 4) is 11.6 Å². The quantitative estimate of drug-likeness (QED) is 0.542. The normalized spacial score (nSPS) is 10.2. The van der Waals surface area contributed by atoms with Gasteiger partial charge in [-0.15, -0.1) is 0 Å². The highest BCUT2D eigenvalue weighted by Gasteiger charge is 2.13. The van der Waals surface area contributed by atoms with E-state index in [9.17, 15) is 9.59 Å². The Bertz CT molecular complexity index is 1040. The second-order valence-corrected chi connectivity index (χ2v) is 6.71. The van der Waals surface area contributed by atoms with E-state index in [1.54, 1.807) is 42.5 Å². The Kier molecular flexibility index (Phi) is 6.36. The van der Waals surface area contributed by atoms with Crippen LogP contribution in [0.25, 0.3) is 0 Å². The molecule has 142 valence electrons. The number of hydrogen-bond donors (Lipinski definition) is 2. The van der Waals surface area contributed by atoms with Gasteiger partial charge in [-0.25, -0.2) is 9.78 Å². The molecule has 0 atom stereocenters. The van der Waals surface area contributed by atoms with Gasteiger partial charge in [0.15, 0.2) is 0 Å². The molecule has 0 spiro atoms. The highest BCUT2D eigenvalue weighted by Crippen LogP contribution is 2.30. The van der Waals surface area contributed by atoms with Crippen LogP contribution < -0.4 is 15.4 Å². The molecule has 9 heteroatoms. The first-order chi connectivity index (χ1) is 13.4. The first-order valence-corrected chi connectivity index (χ1v) is 9.01. The second-order valence-electron chi connectivity index (χ2n) is 5.46. The third-order valence-corrected chi connectivity index (χ3v) is 4.23. The molecule has 3 amide bonds. The molecule has 1 aromatic heterocycles. The van der Waals surface area contributed by atoms with Gasteiger partial charge in [0.25, 0.3) is 5.91 Å². The molecule has 0 aliphatic carbocycles. The van der Waals surface area contributed by atoms with Crippen LogP contribution in [0.4, 0.5) is 10.5 Å². The van der Waals surface area contributed by atoms with Crippen LogP contribution in [0.2, 0.25) is 15.1 Å². The summed E-state index contributed by atoms with van der Waals surface area (Å²) < 4.78 is 5.59. The highest BCUT2D eigenvalue weighted by atomic mass is 35.5. The topological polar surface area (TPSA) is 80.3 Å². The lowest BCUT2D eigenvalue weighted by Crippen LogP contribution is -2.34. The number of ether oxygens (including phenoxy) is 1. The molecule has 3 rings (SSSR count). The Morgan fingerprint density at radius 1 is 0.929 bits per heavy atom. The molecule has 0 saturated carbocycles. The van der Waals surface area contributed by atoms with Crippen molar-refractivity contribution in [1.29, 1.82) is 0 Å². The molecule has 0 radical (unpaired) electrons. The smallest absolute Gasteiger partial charge is 0.326 e. The van der Waals surface area contributed by atoms with Gasteiger partial charge in [0, 0.05) is 18.0 Å². The monoisotopic (exact) mass is 435 g/mol. The van der Waals surface area contributed by atoms with E-state index < -0.39 is 11.9 Å². The van der Waals surface area contributed by atoms with E-state index in [0.29, 0.717) is 16.5 Å². The number of rotatable bonds is 4. The second kappa shape index (κ2) is 8.93. The van der Waals surface area contributed by atoms with Crippen LogP contribution >= 0.6 is 34.8 Å². The maximum atomic E-state index is 12.1. The SMILES string of the molecule is O=C(NC(=O)c1ccccc1Cl)Nc1cccc(Oc2ncc(Cl)cc2Cl)c1. The minimum absolute atomic E-state index is 0.168. The van der Waals surface area contributed by atoms with Crippen molar-refractivity contribution in [1.82, 2.24) is 10.3 Å². The number of anilines is 1. The summed E-state index contributed by atoms with van der Waals surface area (Å²) in [6.07, 6.45) is 1.40. The number of nitrogens with one attached hydrogen (secondary N) is 2. The molecule has 0 unspecified atom stereocenters. The molecule has 0 aliphatic heterocycles. The Hall–Kier alpha value is -2.80. The molecule has 28 heavy (non-hydrogen) atoms. The minimum Gasteiger partial charge on any atom is -0.437 e. The number of hydrogen-bond acceptors (Lipinski definition) is 4. The average Bonchev–Trinajstić information content (AvgIpc) is 2.64. The molecule has 0 aliphatic rings. The standard InChI is InChI=1S/C19H12Cl3N3O3/c20-11-8-16(22)18(23-10-11)28-13-5-3-4-12(9-13)24-19(27)25-17(26)14-6-1-2-7-15(14)21/h1-10H,(H2,24,25,26,27). The summed E-state index contributed by atoms with van der Waals surface area (Å²) in [4.78, 5) is 28.2. The fraction of sp³-hybridized carbons (Fsp3) is 0. The Morgan fingerprint density at radius 3 is 2.46 bits per heavy atom. The minimum atomic E-state index is -0.718. The summed E-state index contributed by atoms with van der Waals surface area (Å²) in [6, 6.07) is 13.7. The lowest BCUT2D eigenvalue weighted by Gasteiger charge is -2.10. The van der Waals surface area contributed by atoms with Gasteiger partial charge < -0.3 is 10.1 Å². The van der Waals surface area contributed by atoms with Crippen molar-refractivity contribution in [3.05, 3.63) is 81.4 Å². The predicted octanol–water partition coefficient (Wildman–Crippen LogP) is 5.80. The molecule has 1 heterocycles. The number of benzene rings is 2. The van der Waals surface area contributed by atoms with Gasteiger partial charge >= 0.3 is 6.03 Å². The van der Waals surface area contributed by atoms with Crippen molar-refractivity contribution < 1.29 is 14.3 Å². The van der Waals surface area contributed by atoms with E-state index in [4.69, 9.17) is 39.5 Å². The molecule has 2 N–H and O–H groups in total. The summed E-state index contributed by atoms with van der Waals surface area (Å²) in [5.74, 6) is -0.0684. The zero-order chi connectivity index (χ0) is 20.1. The van der Waals surface area contributed by atoms with Gasteiger partial charge in [-0.2, -0.15) is 0 Å². The number of imide groups is 1. The van der Waals surface area contributed by atoms with Gasteiger partial charge in [-0.3, -0.25) is 10.1 Å². The van der Waals surface area contributed by atoms with Crippen molar-refractivity contribution in [2.75, 3.05) is 5.32 Å². The van der Waals surface area contributed by atoms with Crippen LogP contribution in [0.1, 0.15) is 10.4 Å². The summed E-state index contributed by atoms with van der Waals surface area (Å²) >= 11 is 17.8. The fourth-order valence-electron chi connectivity index (χ4n) is 2.20. The summed E-state index contributed by atoms with van der Waals surface area (Å²) in [5.41, 5.74) is 0.590. The largest absolute Gasteiger partial charge is 0.437 e. The van der Waals surface area contributed by atoms with E-state index in [2.05, 4.69) is 15.6 Å². The first kappa shape index (κ1) is 19.9. The Labute approximate surface area is 175 Å². The average molecular weight is 437 g/mol. The summed E-state index contributed by atoms with van der Waals surface area (Å²) in [7, 11) is 0. The van der Waals surface area contributed by atoms with E-state index in [0.717, 1.165) is 0 Å². The lowest BCUT2D eigenvalue weighted by atomic mass is 10.2. The maximum Gasteiger partial charge on any atom is 0.326 e. The summed E-state index contributed by atoms with van der Waals surface area (Å²) in [6.45, 7) is 0. The third-order valence-electron chi connectivity index (χ3n) is 3.43. The van der Waals surface area contributed by atoms with Gasteiger partial charge in [-0.05, 0) is 30.3 Å². The van der Waals surface area contributed by atoms with Gasteiger partial charge in [0.1, 0.15) is 10.8 Å². The van der Waals surface area contributed by atoms with Crippen LogP contribution in [0, 0.1) is 0 Å². The number of amides is 3. The molecular weight excluding hydrogens is 425 g/mol. The van der Waals surface area contributed by atoms with Crippen molar-refractivity contribution in [2.45, 2.75) is 0 Å². The number of aromatic nitrogens is 1. The number of urea groups is 1. The van der Waals surface area contributed by atoms with Crippen LogP contribution in [0.3, 0.4) is 0 Å². The van der Waals surface area contributed by atoms with E-state index >= 15 is 0 Å². The molecule has 6 nitrogen and oxygen atoms in total. The van der Waals surface area contributed by atoms with Gasteiger partial charge in [0.2, 0.25) is 5.88 Å².